The SMILES string of the molecule is CC(C)C[C@@H](NC(=O)[C@H](CC(=O)[C@H](N)Cc1ccccc1)Cc1ccccc1)C(=O)C[C@H](CCCCN)C(=O)N1CCC(n2c(=O)[nH]c3cc(Cl)ccc32)CC1. The van der Waals surface area contributed by atoms with Gasteiger partial charge in [-0.25, -0.2) is 4.79 Å². The fraction of sp³-hybridized carbons (Fsp3) is 0.477. The number of H-pyrrole nitrogens is 1. The Labute approximate surface area is 334 Å². The molecule has 5 rings (SSSR count). The predicted octanol–water partition coefficient (Wildman–Crippen LogP) is 5.77. The van der Waals surface area contributed by atoms with Crippen LogP contribution in [0, 0.1) is 17.8 Å². The smallest absolute Gasteiger partial charge is 0.326 e. The number of nitrogens with zero attached hydrogens (tertiary/aromatic N) is 2. The number of hydrogen-bond acceptors (Lipinski definition) is 7. The Balaban J connectivity index is 1.27. The van der Waals surface area contributed by atoms with Crippen LogP contribution >= 0.6 is 11.6 Å². The van der Waals surface area contributed by atoms with Crippen LogP contribution in [0.5, 0.6) is 0 Å². The molecule has 2 amide bonds. The summed E-state index contributed by atoms with van der Waals surface area (Å²) in [7, 11) is 0. The van der Waals surface area contributed by atoms with Crippen LogP contribution in [0.2, 0.25) is 5.02 Å². The van der Waals surface area contributed by atoms with Crippen LogP contribution in [0.3, 0.4) is 0 Å². The van der Waals surface area contributed by atoms with Gasteiger partial charge in [-0.2, -0.15) is 0 Å². The van der Waals surface area contributed by atoms with E-state index in [4.69, 9.17) is 23.1 Å². The first-order valence-electron chi connectivity index (χ1n) is 20.0. The number of fused-ring (bicyclic) bond motifs is 1. The highest BCUT2D eigenvalue weighted by Crippen LogP contribution is 2.29. The van der Waals surface area contributed by atoms with E-state index in [1.54, 1.807) is 16.7 Å². The average Bonchev–Trinajstić information content (AvgIpc) is 3.51. The van der Waals surface area contributed by atoms with Gasteiger partial charge in [0, 0.05) is 48.8 Å². The fourth-order valence-electron chi connectivity index (χ4n) is 7.87. The lowest BCUT2D eigenvalue weighted by atomic mass is 9.87. The first kappa shape index (κ1) is 42.6. The molecule has 300 valence electrons. The number of amides is 2. The number of nitrogens with one attached hydrogen (secondary N) is 2. The maximum Gasteiger partial charge on any atom is 0.326 e. The lowest BCUT2D eigenvalue weighted by Crippen LogP contribution is -2.48. The van der Waals surface area contributed by atoms with Crippen molar-refractivity contribution in [3.63, 3.8) is 0 Å². The van der Waals surface area contributed by atoms with E-state index in [2.05, 4.69) is 10.3 Å². The van der Waals surface area contributed by atoms with Gasteiger partial charge in [-0.3, -0.25) is 23.7 Å². The van der Waals surface area contributed by atoms with Gasteiger partial charge in [0.15, 0.2) is 11.6 Å². The lowest BCUT2D eigenvalue weighted by Gasteiger charge is -2.35. The number of nitrogens with two attached hydrogens (primary N) is 2. The number of piperidine rings is 1. The van der Waals surface area contributed by atoms with Crippen molar-refractivity contribution in [1.82, 2.24) is 19.8 Å². The summed E-state index contributed by atoms with van der Waals surface area (Å²) in [6.07, 6.45) is 4.08. The van der Waals surface area contributed by atoms with E-state index in [-0.39, 0.29) is 53.9 Å². The summed E-state index contributed by atoms with van der Waals surface area (Å²) in [5.74, 6) is -2.14. The zero-order valence-electron chi connectivity index (χ0n) is 32.6. The molecule has 0 bridgehead atoms. The lowest BCUT2D eigenvalue weighted by molar-refractivity contribution is -0.140. The Morgan fingerprint density at radius 2 is 1.48 bits per heavy atom. The van der Waals surface area contributed by atoms with Gasteiger partial charge in [0.2, 0.25) is 11.8 Å². The molecule has 1 fully saturated rings. The van der Waals surface area contributed by atoms with Gasteiger partial charge in [0.1, 0.15) is 0 Å². The second-order valence-electron chi connectivity index (χ2n) is 15.7. The summed E-state index contributed by atoms with van der Waals surface area (Å²) in [5.41, 5.74) is 15.3. The number of ketones is 2. The molecule has 0 spiro atoms. The molecule has 0 unspecified atom stereocenters. The van der Waals surface area contributed by atoms with Crippen LogP contribution in [0.15, 0.2) is 83.7 Å². The average molecular weight is 785 g/mol. The van der Waals surface area contributed by atoms with Crippen molar-refractivity contribution in [2.24, 2.45) is 29.2 Å². The number of aromatic nitrogens is 2. The number of likely N-dealkylation sites (tertiary alicyclic amines) is 1. The predicted molar refractivity (Wildman–Crippen MR) is 221 cm³/mol. The van der Waals surface area contributed by atoms with E-state index >= 15 is 0 Å². The second-order valence-corrected chi connectivity index (χ2v) is 16.2. The third-order valence-corrected chi connectivity index (χ3v) is 11.1. The summed E-state index contributed by atoms with van der Waals surface area (Å²) in [6.45, 7) is 5.35. The molecule has 4 aromatic rings. The maximum atomic E-state index is 14.2. The van der Waals surface area contributed by atoms with Crippen LogP contribution in [0.1, 0.15) is 82.4 Å². The number of benzene rings is 3. The molecule has 56 heavy (non-hydrogen) atoms. The minimum atomic E-state index is -0.827. The van der Waals surface area contributed by atoms with Crippen molar-refractivity contribution < 1.29 is 19.2 Å². The first-order valence-corrected chi connectivity index (χ1v) is 20.4. The highest BCUT2D eigenvalue weighted by Gasteiger charge is 2.34. The highest BCUT2D eigenvalue weighted by molar-refractivity contribution is 6.31. The summed E-state index contributed by atoms with van der Waals surface area (Å²) in [6, 6.07) is 22.7. The monoisotopic (exact) mass is 784 g/mol. The maximum absolute atomic E-state index is 14.2. The number of carbonyl (C=O) groups is 4. The standard InChI is InChI=1S/C44H57ClN6O5/c1-29(2)23-38(48-42(54)33(24-30-11-5-3-6-12-30)27-40(52)36(47)25-31-13-7-4-8-14-31)41(53)26-32(15-9-10-20-46)43(55)50-21-18-35(19-22-50)51-39-17-16-34(45)28-37(39)49-44(51)56/h3-8,11-14,16-17,28-29,32-33,35-36,38H,9-10,15,18-27,46-47H2,1-2H3,(H,48,54)(H,49,56)/t32-,33-,36+,38+/m0/s1. The van der Waals surface area contributed by atoms with Crippen LogP contribution in [-0.4, -0.2) is 69.5 Å². The first-order chi connectivity index (χ1) is 26.9. The highest BCUT2D eigenvalue weighted by atomic mass is 35.5. The van der Waals surface area contributed by atoms with Gasteiger partial charge in [0.25, 0.3) is 0 Å². The molecule has 1 saturated heterocycles. The minimum Gasteiger partial charge on any atom is -0.346 e. The Morgan fingerprint density at radius 1 is 0.857 bits per heavy atom. The molecule has 6 N–H and O–H groups in total. The number of halogens is 1. The second kappa shape index (κ2) is 20.5. The van der Waals surface area contributed by atoms with Crippen molar-refractivity contribution in [2.75, 3.05) is 19.6 Å². The number of unbranched alkanes of at least 4 members (excludes halogenated alkanes) is 1. The number of Topliss-reactive ketones (excluding diaryl/α,β-unsaturated/α-hetero) is 2. The number of imidazole rings is 1. The number of hydrogen-bond donors (Lipinski definition) is 4. The van der Waals surface area contributed by atoms with Crippen LogP contribution in [-0.2, 0) is 32.0 Å². The summed E-state index contributed by atoms with van der Waals surface area (Å²) < 4.78 is 1.75. The van der Waals surface area contributed by atoms with E-state index in [0.717, 1.165) is 23.1 Å². The van der Waals surface area contributed by atoms with Gasteiger partial charge in [-0.1, -0.05) is 92.5 Å². The van der Waals surface area contributed by atoms with Crippen LogP contribution < -0.4 is 22.5 Å². The zero-order chi connectivity index (χ0) is 40.2. The third kappa shape index (κ3) is 11.7. The van der Waals surface area contributed by atoms with Gasteiger partial charge in [-0.05, 0) is 86.7 Å². The van der Waals surface area contributed by atoms with Crippen molar-refractivity contribution >= 4 is 46.0 Å². The molecular weight excluding hydrogens is 728 g/mol. The molecule has 11 nitrogen and oxygen atoms in total. The Kier molecular flexibility index (Phi) is 15.6. The minimum absolute atomic E-state index is 0.0199. The van der Waals surface area contributed by atoms with Crippen LogP contribution in [0.4, 0.5) is 0 Å². The van der Waals surface area contributed by atoms with Gasteiger partial charge >= 0.3 is 5.69 Å². The van der Waals surface area contributed by atoms with Crippen molar-refractivity contribution in [2.45, 2.75) is 96.2 Å². The number of aromatic amines is 1. The molecular formula is C44H57ClN6O5. The topological polar surface area (TPSA) is 173 Å². The van der Waals surface area contributed by atoms with Crippen molar-refractivity contribution in [3.05, 3.63) is 105 Å². The van der Waals surface area contributed by atoms with E-state index in [0.29, 0.717) is 75.1 Å². The molecule has 0 aliphatic carbocycles. The van der Waals surface area contributed by atoms with Gasteiger partial charge in [0.05, 0.1) is 23.1 Å². The third-order valence-electron chi connectivity index (χ3n) is 10.9. The summed E-state index contributed by atoms with van der Waals surface area (Å²) in [4.78, 5) is 73.6. The molecule has 1 aliphatic rings. The summed E-state index contributed by atoms with van der Waals surface area (Å²) in [5, 5.41) is 3.57. The van der Waals surface area contributed by atoms with E-state index in [9.17, 15) is 24.0 Å². The van der Waals surface area contributed by atoms with Gasteiger partial charge in [-0.15, -0.1) is 0 Å². The number of carbonyl (C=O) groups excluding carboxylic acids is 4. The molecule has 0 saturated carbocycles. The van der Waals surface area contributed by atoms with E-state index in [1.165, 1.54) is 0 Å². The Hall–Kier alpha value is -4.58. The number of rotatable bonds is 20. The molecule has 0 radical (unpaired) electrons. The van der Waals surface area contributed by atoms with Crippen LogP contribution in [0.25, 0.3) is 11.0 Å². The van der Waals surface area contributed by atoms with E-state index < -0.39 is 23.9 Å². The van der Waals surface area contributed by atoms with Crippen molar-refractivity contribution in [3.8, 4) is 0 Å². The largest absolute Gasteiger partial charge is 0.346 e. The quantitative estimate of drug-likeness (QED) is 0.0824. The van der Waals surface area contributed by atoms with Crippen molar-refractivity contribution in [1.29, 1.82) is 0 Å². The molecule has 12 heteroatoms. The Bertz CT molecular complexity index is 1970. The fourth-order valence-corrected chi connectivity index (χ4v) is 8.04. The zero-order valence-corrected chi connectivity index (χ0v) is 33.4. The molecule has 4 atom stereocenters. The van der Waals surface area contributed by atoms with E-state index in [1.807, 2.05) is 85.5 Å². The molecule has 2 heterocycles. The van der Waals surface area contributed by atoms with Gasteiger partial charge < -0.3 is 26.7 Å². The molecule has 1 aromatic heterocycles. The molecule has 3 aromatic carbocycles. The molecule has 1 aliphatic heterocycles. The Morgan fingerprint density at radius 3 is 2.11 bits per heavy atom. The normalized spacial score (nSPS) is 15.7. The summed E-state index contributed by atoms with van der Waals surface area (Å²) >= 11 is 6.15.